The van der Waals surface area contributed by atoms with Gasteiger partial charge >= 0.3 is 0 Å². The minimum Gasteiger partial charge on any atom is -0.372 e. The molecule has 0 aliphatic carbocycles. The van der Waals surface area contributed by atoms with Crippen molar-refractivity contribution >= 4 is 5.91 Å². The lowest BCUT2D eigenvalue weighted by Gasteiger charge is -2.08. The van der Waals surface area contributed by atoms with Crippen LogP contribution in [0.1, 0.15) is 16.7 Å². The molecule has 1 amide bonds. The first-order valence-corrected chi connectivity index (χ1v) is 10.1. The first-order valence-electron chi connectivity index (χ1n) is 10.1. The summed E-state index contributed by atoms with van der Waals surface area (Å²) in [5, 5.41) is 15.1. The van der Waals surface area contributed by atoms with Gasteiger partial charge in [-0.05, 0) is 21.9 Å². The molecule has 7 heteroatoms. The van der Waals surface area contributed by atoms with Crippen molar-refractivity contribution in [2.45, 2.75) is 26.3 Å². The van der Waals surface area contributed by atoms with E-state index in [-0.39, 0.29) is 12.5 Å². The summed E-state index contributed by atoms with van der Waals surface area (Å²) in [6, 6.07) is 27.6. The Hall–Kier alpha value is -3.84. The highest BCUT2D eigenvalue weighted by Gasteiger charge is 2.09. The molecule has 4 rings (SSSR count). The number of ether oxygens (including phenoxy) is 1. The summed E-state index contributed by atoms with van der Waals surface area (Å²) in [7, 11) is 0. The van der Waals surface area contributed by atoms with Gasteiger partial charge < -0.3 is 10.1 Å². The van der Waals surface area contributed by atoms with Crippen LogP contribution in [0.25, 0.3) is 11.4 Å². The largest absolute Gasteiger partial charge is 0.372 e. The molecule has 0 bridgehead atoms. The van der Waals surface area contributed by atoms with E-state index in [4.69, 9.17) is 4.74 Å². The van der Waals surface area contributed by atoms with E-state index >= 15 is 0 Å². The zero-order valence-electron chi connectivity index (χ0n) is 17.0. The second-order valence-corrected chi connectivity index (χ2v) is 7.08. The molecule has 0 unspecified atom stereocenters. The van der Waals surface area contributed by atoms with Gasteiger partial charge in [-0.2, -0.15) is 4.80 Å². The monoisotopic (exact) mass is 413 g/mol. The second-order valence-electron chi connectivity index (χ2n) is 7.08. The number of carbonyl (C=O) groups excluding carboxylic acids is 1. The van der Waals surface area contributed by atoms with Crippen LogP contribution in [-0.2, 0) is 35.8 Å². The minimum atomic E-state index is -0.178. The fourth-order valence-corrected chi connectivity index (χ4v) is 3.09. The summed E-state index contributed by atoms with van der Waals surface area (Å²) in [6.45, 7) is 1.52. The number of tetrazole rings is 1. The van der Waals surface area contributed by atoms with Gasteiger partial charge in [-0.15, -0.1) is 10.2 Å². The molecule has 0 saturated carbocycles. The van der Waals surface area contributed by atoms with E-state index in [1.165, 1.54) is 4.80 Å². The summed E-state index contributed by atoms with van der Waals surface area (Å²) >= 11 is 0. The summed E-state index contributed by atoms with van der Waals surface area (Å²) in [5.74, 6) is 0.319. The number of rotatable bonds is 9. The maximum absolute atomic E-state index is 12.3. The highest BCUT2D eigenvalue weighted by Crippen LogP contribution is 2.12. The molecule has 0 atom stereocenters. The Morgan fingerprint density at radius 2 is 1.52 bits per heavy atom. The third-order valence-corrected chi connectivity index (χ3v) is 4.63. The van der Waals surface area contributed by atoms with Gasteiger partial charge in [-0.1, -0.05) is 84.9 Å². The van der Waals surface area contributed by atoms with Crippen molar-refractivity contribution in [3.63, 3.8) is 0 Å². The van der Waals surface area contributed by atoms with Crippen LogP contribution in [0, 0.1) is 0 Å². The lowest BCUT2D eigenvalue weighted by atomic mass is 10.1. The smallest absolute Gasteiger partial charge is 0.243 e. The van der Waals surface area contributed by atoms with Crippen molar-refractivity contribution in [3.05, 3.63) is 102 Å². The number of nitrogens with one attached hydrogen (secondary N) is 1. The molecule has 3 aromatic carbocycles. The molecule has 7 nitrogen and oxygen atoms in total. The molecular weight excluding hydrogens is 390 g/mol. The van der Waals surface area contributed by atoms with E-state index in [0.717, 1.165) is 22.3 Å². The molecule has 31 heavy (non-hydrogen) atoms. The molecule has 0 radical (unpaired) electrons. The zero-order valence-corrected chi connectivity index (χ0v) is 17.0. The van der Waals surface area contributed by atoms with Crippen molar-refractivity contribution in [2.24, 2.45) is 0 Å². The highest BCUT2D eigenvalue weighted by molar-refractivity contribution is 5.75. The average Bonchev–Trinajstić information content (AvgIpc) is 3.28. The molecule has 0 saturated heterocycles. The van der Waals surface area contributed by atoms with Crippen LogP contribution in [0.4, 0.5) is 0 Å². The van der Waals surface area contributed by atoms with E-state index in [1.807, 2.05) is 84.9 Å². The zero-order chi connectivity index (χ0) is 21.3. The number of amides is 1. The Labute approximate surface area is 180 Å². The molecule has 0 spiro atoms. The number of hydrogen-bond donors (Lipinski definition) is 1. The molecule has 0 aliphatic heterocycles. The summed E-state index contributed by atoms with van der Waals surface area (Å²) < 4.78 is 5.79. The van der Waals surface area contributed by atoms with Gasteiger partial charge in [-0.25, -0.2) is 0 Å². The molecule has 0 fully saturated rings. The van der Waals surface area contributed by atoms with Crippen molar-refractivity contribution < 1.29 is 9.53 Å². The first-order chi connectivity index (χ1) is 15.3. The Bertz CT molecular complexity index is 1110. The van der Waals surface area contributed by atoms with Gasteiger partial charge in [0.25, 0.3) is 0 Å². The predicted molar refractivity (Wildman–Crippen MR) is 116 cm³/mol. The molecule has 0 aliphatic rings. The third-order valence-electron chi connectivity index (χ3n) is 4.63. The maximum Gasteiger partial charge on any atom is 0.243 e. The van der Waals surface area contributed by atoms with Crippen molar-refractivity contribution in [3.8, 4) is 11.4 Å². The van der Waals surface area contributed by atoms with Gasteiger partial charge in [0, 0.05) is 12.1 Å². The number of carbonyl (C=O) groups is 1. The quantitative estimate of drug-likeness (QED) is 0.455. The molecule has 4 aromatic rings. The Kier molecular flexibility index (Phi) is 6.77. The van der Waals surface area contributed by atoms with E-state index in [0.29, 0.717) is 25.6 Å². The number of benzene rings is 3. The van der Waals surface area contributed by atoms with Crippen molar-refractivity contribution in [2.75, 3.05) is 0 Å². The molecule has 1 aromatic heterocycles. The van der Waals surface area contributed by atoms with Gasteiger partial charge in [0.05, 0.1) is 13.2 Å². The number of hydrogen-bond acceptors (Lipinski definition) is 5. The van der Waals surface area contributed by atoms with Crippen LogP contribution in [0.2, 0.25) is 0 Å². The first kappa shape index (κ1) is 20.4. The SMILES string of the molecule is O=C(Cn1nnc(-c2ccccc2)n1)NCc1cccc(COCc2ccccc2)c1. The lowest BCUT2D eigenvalue weighted by Crippen LogP contribution is -2.28. The molecular formula is C24H23N5O2. The van der Waals surface area contributed by atoms with Crippen LogP contribution >= 0.6 is 0 Å². The van der Waals surface area contributed by atoms with Crippen LogP contribution in [0.3, 0.4) is 0 Å². The van der Waals surface area contributed by atoms with E-state index in [1.54, 1.807) is 0 Å². The Morgan fingerprint density at radius 1 is 0.839 bits per heavy atom. The van der Waals surface area contributed by atoms with Crippen LogP contribution in [0.5, 0.6) is 0 Å². The predicted octanol–water partition coefficient (Wildman–Crippen LogP) is 3.37. The van der Waals surface area contributed by atoms with E-state index < -0.39 is 0 Å². The van der Waals surface area contributed by atoms with E-state index in [9.17, 15) is 4.79 Å². The number of nitrogens with zero attached hydrogens (tertiary/aromatic N) is 4. The molecule has 1 N–H and O–H groups in total. The standard InChI is InChI=1S/C24H23N5O2/c30-23(16-29-27-24(26-28-29)22-12-5-2-6-13-22)25-15-20-10-7-11-21(14-20)18-31-17-19-8-3-1-4-9-19/h1-14H,15-18H2,(H,25,30). The Morgan fingerprint density at radius 3 is 2.32 bits per heavy atom. The second kappa shape index (κ2) is 10.3. The third kappa shape index (κ3) is 6.07. The highest BCUT2D eigenvalue weighted by atomic mass is 16.5. The summed E-state index contributed by atoms with van der Waals surface area (Å²) in [6.07, 6.45) is 0. The van der Waals surface area contributed by atoms with Gasteiger partial charge in [0.15, 0.2) is 0 Å². The van der Waals surface area contributed by atoms with E-state index in [2.05, 4.69) is 20.7 Å². The maximum atomic E-state index is 12.3. The number of aromatic nitrogens is 4. The van der Waals surface area contributed by atoms with Crippen LogP contribution in [0.15, 0.2) is 84.9 Å². The van der Waals surface area contributed by atoms with Crippen molar-refractivity contribution in [1.29, 1.82) is 0 Å². The fraction of sp³-hybridized carbons (Fsp3) is 0.167. The van der Waals surface area contributed by atoms with Crippen LogP contribution in [-0.4, -0.2) is 26.1 Å². The lowest BCUT2D eigenvalue weighted by molar-refractivity contribution is -0.122. The molecule has 156 valence electrons. The fourth-order valence-electron chi connectivity index (χ4n) is 3.09. The Balaban J connectivity index is 1.25. The minimum absolute atomic E-state index is 0.0136. The summed E-state index contributed by atoms with van der Waals surface area (Å²) in [4.78, 5) is 13.6. The van der Waals surface area contributed by atoms with Gasteiger partial charge in [0.2, 0.25) is 11.7 Å². The van der Waals surface area contributed by atoms with Gasteiger partial charge in [0.1, 0.15) is 6.54 Å². The summed E-state index contributed by atoms with van der Waals surface area (Å²) in [5.41, 5.74) is 4.07. The topological polar surface area (TPSA) is 81.9 Å². The van der Waals surface area contributed by atoms with Crippen LogP contribution < -0.4 is 5.32 Å². The molecule has 1 heterocycles. The van der Waals surface area contributed by atoms with Crippen molar-refractivity contribution in [1.82, 2.24) is 25.5 Å². The normalized spacial score (nSPS) is 10.7. The average molecular weight is 413 g/mol. The van der Waals surface area contributed by atoms with Gasteiger partial charge in [-0.3, -0.25) is 4.79 Å².